The summed E-state index contributed by atoms with van der Waals surface area (Å²) in [7, 11) is -1.15. The van der Waals surface area contributed by atoms with Gasteiger partial charge in [0, 0.05) is 50.3 Å². The summed E-state index contributed by atoms with van der Waals surface area (Å²) in [5.41, 5.74) is 3.21. The van der Waals surface area contributed by atoms with Crippen molar-refractivity contribution in [1.82, 2.24) is 14.7 Å². The van der Waals surface area contributed by atoms with Gasteiger partial charge in [-0.1, -0.05) is 37.8 Å². The quantitative estimate of drug-likeness (QED) is 0.176. The number of piperidine rings is 1. The highest BCUT2D eigenvalue weighted by molar-refractivity contribution is 6.76. The number of aromatic nitrogens is 2. The monoisotopic (exact) mass is 597 g/mol. The maximum absolute atomic E-state index is 13.9. The maximum Gasteiger partial charge on any atom is 0.410 e. The van der Waals surface area contributed by atoms with Crippen LogP contribution in [0.15, 0.2) is 42.6 Å². The highest BCUT2D eigenvalue weighted by atomic mass is 28.3. The number of rotatable bonds is 10. The Kier molecular flexibility index (Phi) is 9.85. The highest BCUT2D eigenvalue weighted by Gasteiger charge is 2.39. The number of ether oxygens (including phenoxy) is 3. The fraction of sp³-hybridized carbons (Fsp3) is 0.576. The Labute approximate surface area is 251 Å². The fourth-order valence-electron chi connectivity index (χ4n) is 5.42. The van der Waals surface area contributed by atoms with Crippen molar-refractivity contribution in [2.45, 2.75) is 97.0 Å². The molecule has 0 spiro atoms. The molecule has 42 heavy (non-hydrogen) atoms. The third kappa shape index (κ3) is 8.42. The maximum atomic E-state index is 13.9. The lowest BCUT2D eigenvalue weighted by atomic mass is 9.73. The fourth-order valence-corrected chi connectivity index (χ4v) is 6.17. The van der Waals surface area contributed by atoms with Gasteiger partial charge in [0.15, 0.2) is 0 Å². The lowest BCUT2D eigenvalue weighted by Gasteiger charge is -2.42. The first kappa shape index (κ1) is 32.2. The van der Waals surface area contributed by atoms with Gasteiger partial charge in [0.05, 0.1) is 18.2 Å². The van der Waals surface area contributed by atoms with Gasteiger partial charge in [-0.3, -0.25) is 0 Å². The molecule has 0 N–H and O–H groups in total. The standard InChI is InChI=1S/C33H48FN3O4Si/c1-24-19-26-21-37(23-39-17-18-42(6,7)8)35-30(26)29(20-24)25(2)40-22-33(27-9-11-28(34)12-10-27)13-15-36(16-14-33)31(38)41-32(3,4)5/h9-12,19-21,25H,13-18,22-23H2,1-8H3. The van der Waals surface area contributed by atoms with Gasteiger partial charge in [0.25, 0.3) is 0 Å². The van der Waals surface area contributed by atoms with Crippen LogP contribution in [0.5, 0.6) is 0 Å². The van der Waals surface area contributed by atoms with Crippen LogP contribution >= 0.6 is 0 Å². The van der Waals surface area contributed by atoms with Crippen molar-refractivity contribution >= 4 is 25.1 Å². The minimum atomic E-state index is -1.15. The van der Waals surface area contributed by atoms with Crippen LogP contribution in [0, 0.1) is 12.7 Å². The molecule has 1 aliphatic heterocycles. The number of halogens is 1. The molecule has 1 atom stereocenters. The Morgan fingerprint density at radius 3 is 2.40 bits per heavy atom. The average molecular weight is 598 g/mol. The summed E-state index contributed by atoms with van der Waals surface area (Å²) in [4.78, 5) is 14.5. The number of carbonyl (C=O) groups is 1. The molecular weight excluding hydrogens is 549 g/mol. The van der Waals surface area contributed by atoms with E-state index in [-0.39, 0.29) is 23.4 Å². The predicted octanol–water partition coefficient (Wildman–Crippen LogP) is 7.84. The van der Waals surface area contributed by atoms with Crippen LogP contribution in [0.25, 0.3) is 10.9 Å². The molecule has 2 aromatic carbocycles. The summed E-state index contributed by atoms with van der Waals surface area (Å²) in [5.74, 6) is -0.267. The molecule has 1 saturated heterocycles. The largest absolute Gasteiger partial charge is 0.444 e. The number of aryl methyl sites for hydroxylation is 1. The van der Waals surface area contributed by atoms with E-state index in [1.165, 1.54) is 12.1 Å². The molecular formula is C33H48FN3O4Si. The predicted molar refractivity (Wildman–Crippen MR) is 168 cm³/mol. The van der Waals surface area contributed by atoms with Crippen LogP contribution in [-0.4, -0.2) is 60.8 Å². The summed E-state index contributed by atoms with van der Waals surface area (Å²) < 4.78 is 33.9. The second kappa shape index (κ2) is 12.9. The van der Waals surface area contributed by atoms with E-state index < -0.39 is 13.7 Å². The summed E-state index contributed by atoms with van der Waals surface area (Å²) in [6.07, 6.45) is 2.91. The molecule has 1 unspecified atom stereocenters. The second-order valence-corrected chi connectivity index (χ2v) is 19.6. The Balaban J connectivity index is 1.50. The minimum absolute atomic E-state index is 0.218. The third-order valence-electron chi connectivity index (χ3n) is 7.93. The first-order valence-electron chi connectivity index (χ1n) is 15.1. The highest BCUT2D eigenvalue weighted by Crippen LogP contribution is 2.38. The SMILES string of the molecule is Cc1cc(C(C)OCC2(c3ccc(F)cc3)CCN(C(=O)OC(C)(C)C)CC2)c2nn(COCC[Si](C)(C)C)cc2c1. The normalized spacial score (nSPS) is 16.5. The van der Waals surface area contributed by atoms with Crippen molar-refractivity contribution in [2.24, 2.45) is 0 Å². The number of carbonyl (C=O) groups excluding carboxylic acids is 1. The Morgan fingerprint density at radius 2 is 1.79 bits per heavy atom. The molecule has 4 rings (SSSR count). The smallest absolute Gasteiger partial charge is 0.410 e. The molecule has 3 aromatic rings. The van der Waals surface area contributed by atoms with E-state index in [4.69, 9.17) is 19.3 Å². The van der Waals surface area contributed by atoms with Crippen LogP contribution in [0.4, 0.5) is 9.18 Å². The molecule has 1 amide bonds. The van der Waals surface area contributed by atoms with E-state index in [1.54, 1.807) is 4.90 Å². The molecule has 230 valence electrons. The van der Waals surface area contributed by atoms with E-state index in [9.17, 15) is 9.18 Å². The Hall–Kier alpha value is -2.75. The average Bonchev–Trinajstić information content (AvgIpc) is 3.31. The van der Waals surface area contributed by atoms with Crippen molar-refractivity contribution in [3.05, 3.63) is 65.1 Å². The van der Waals surface area contributed by atoms with Gasteiger partial charge in [-0.2, -0.15) is 5.10 Å². The molecule has 9 heteroatoms. The third-order valence-corrected chi connectivity index (χ3v) is 9.63. The van der Waals surface area contributed by atoms with Crippen LogP contribution < -0.4 is 0 Å². The number of likely N-dealkylation sites (tertiary alicyclic amines) is 1. The topological polar surface area (TPSA) is 65.8 Å². The zero-order valence-electron chi connectivity index (χ0n) is 26.6. The van der Waals surface area contributed by atoms with Gasteiger partial charge >= 0.3 is 6.09 Å². The van der Waals surface area contributed by atoms with Gasteiger partial charge in [0.2, 0.25) is 0 Å². The number of nitrogens with zero attached hydrogens (tertiary/aromatic N) is 3. The number of hydrogen-bond acceptors (Lipinski definition) is 5. The van der Waals surface area contributed by atoms with Crippen molar-refractivity contribution in [3.8, 4) is 0 Å². The molecule has 0 bridgehead atoms. The molecule has 1 aliphatic rings. The lowest BCUT2D eigenvalue weighted by Crippen LogP contribution is -2.48. The van der Waals surface area contributed by atoms with Crippen molar-refractivity contribution < 1.29 is 23.4 Å². The van der Waals surface area contributed by atoms with Gasteiger partial charge in [-0.15, -0.1) is 0 Å². The number of amides is 1. The second-order valence-electron chi connectivity index (χ2n) is 14.0. The first-order valence-corrected chi connectivity index (χ1v) is 18.8. The van der Waals surface area contributed by atoms with Crippen molar-refractivity contribution in [3.63, 3.8) is 0 Å². The Morgan fingerprint density at radius 1 is 1.12 bits per heavy atom. The molecule has 7 nitrogen and oxygen atoms in total. The van der Waals surface area contributed by atoms with Gasteiger partial charge < -0.3 is 19.1 Å². The van der Waals surface area contributed by atoms with Crippen LogP contribution in [0.1, 0.15) is 63.3 Å². The van der Waals surface area contributed by atoms with E-state index in [0.29, 0.717) is 39.3 Å². The first-order chi connectivity index (χ1) is 19.6. The number of fused-ring (bicyclic) bond motifs is 1. The molecule has 0 aliphatic carbocycles. The summed E-state index contributed by atoms with van der Waals surface area (Å²) >= 11 is 0. The van der Waals surface area contributed by atoms with Crippen LogP contribution in [-0.2, 0) is 26.4 Å². The van der Waals surface area contributed by atoms with E-state index in [2.05, 4.69) is 45.6 Å². The zero-order chi connectivity index (χ0) is 30.7. The lowest BCUT2D eigenvalue weighted by molar-refractivity contribution is -0.00936. The summed E-state index contributed by atoms with van der Waals surface area (Å²) in [6, 6.07) is 12.1. The van der Waals surface area contributed by atoms with Crippen molar-refractivity contribution in [2.75, 3.05) is 26.3 Å². The van der Waals surface area contributed by atoms with Gasteiger partial charge in [-0.05, 0) is 82.8 Å². The summed E-state index contributed by atoms with van der Waals surface area (Å²) in [5, 5.41) is 5.93. The molecule has 1 fully saturated rings. The van der Waals surface area contributed by atoms with E-state index in [1.807, 2.05) is 43.8 Å². The van der Waals surface area contributed by atoms with Crippen molar-refractivity contribution in [1.29, 1.82) is 0 Å². The van der Waals surface area contributed by atoms with E-state index >= 15 is 0 Å². The zero-order valence-corrected chi connectivity index (χ0v) is 27.6. The molecule has 0 saturated carbocycles. The van der Waals surface area contributed by atoms with Crippen LogP contribution in [0.2, 0.25) is 25.7 Å². The Bertz CT molecular complexity index is 1350. The van der Waals surface area contributed by atoms with Crippen LogP contribution in [0.3, 0.4) is 0 Å². The van der Waals surface area contributed by atoms with Gasteiger partial charge in [-0.25, -0.2) is 13.9 Å². The summed E-state index contributed by atoms with van der Waals surface area (Å²) in [6.45, 7) is 19.5. The molecule has 1 aromatic heterocycles. The molecule has 2 heterocycles. The van der Waals surface area contributed by atoms with E-state index in [0.717, 1.165) is 40.2 Å². The molecule has 0 radical (unpaired) electrons. The number of hydrogen-bond donors (Lipinski definition) is 0. The number of benzene rings is 2. The van der Waals surface area contributed by atoms with Gasteiger partial charge in [0.1, 0.15) is 18.1 Å². The minimum Gasteiger partial charge on any atom is -0.444 e.